The molecule has 60 heavy (non-hydrogen) atoms. The summed E-state index contributed by atoms with van der Waals surface area (Å²) in [6, 6.07) is 73.2. The maximum Gasteiger partial charge on any atom is 0.136 e. The number of anilines is 3. The molecule has 0 spiro atoms. The lowest BCUT2D eigenvalue weighted by Gasteiger charge is -2.27. The van der Waals surface area contributed by atoms with E-state index in [9.17, 15) is 0 Å². The second-order valence-electron chi connectivity index (χ2n) is 16.5. The Morgan fingerprint density at radius 3 is 1.80 bits per heavy atom. The Balaban J connectivity index is 1.10. The molecule has 11 aromatic rings. The topological polar surface area (TPSA) is 16.4 Å². The lowest BCUT2D eigenvalue weighted by atomic mass is 9.82. The first-order valence-electron chi connectivity index (χ1n) is 20.7. The number of rotatable bonds is 6. The third-order valence-corrected chi connectivity index (χ3v) is 13.8. The standard InChI is InChI=1S/C57H39NOS/c1-57(2)50-24-11-9-21-45(50)47-34-49-48-33-42(27-28-54(48)60-55(49)35-51(47)57)58(43-31-39(36-15-5-3-6-16-36)29-40(32-43)37-17-7-4-8-18-37)41-20-13-19-38(30-41)44-23-14-26-53-56(44)46-22-10-12-25-52(46)59-53/h3-35H,1-2H3. The number of furan rings is 1. The molecule has 0 saturated carbocycles. The second kappa shape index (κ2) is 13.4. The molecule has 12 rings (SSSR count). The van der Waals surface area contributed by atoms with Gasteiger partial charge in [-0.05, 0) is 128 Å². The first kappa shape index (κ1) is 34.8. The van der Waals surface area contributed by atoms with Gasteiger partial charge in [-0.2, -0.15) is 0 Å². The van der Waals surface area contributed by atoms with Crippen molar-refractivity contribution in [3.8, 4) is 44.5 Å². The fraction of sp³-hybridized carbons (Fsp3) is 0.0526. The molecule has 0 radical (unpaired) electrons. The van der Waals surface area contributed by atoms with Gasteiger partial charge < -0.3 is 9.32 Å². The van der Waals surface area contributed by atoms with Gasteiger partial charge in [0.1, 0.15) is 11.2 Å². The molecule has 3 heteroatoms. The summed E-state index contributed by atoms with van der Waals surface area (Å²) in [6.45, 7) is 4.73. The van der Waals surface area contributed by atoms with Crippen LogP contribution in [0.3, 0.4) is 0 Å². The number of para-hydroxylation sites is 1. The van der Waals surface area contributed by atoms with Crippen LogP contribution in [0.1, 0.15) is 25.0 Å². The Kier molecular flexibility index (Phi) is 7.79. The van der Waals surface area contributed by atoms with Crippen molar-refractivity contribution in [2.24, 2.45) is 0 Å². The largest absolute Gasteiger partial charge is 0.456 e. The van der Waals surface area contributed by atoms with E-state index >= 15 is 0 Å². The van der Waals surface area contributed by atoms with Gasteiger partial charge in [0.25, 0.3) is 0 Å². The molecule has 2 nitrogen and oxygen atoms in total. The Labute approximate surface area is 353 Å². The zero-order valence-electron chi connectivity index (χ0n) is 33.3. The van der Waals surface area contributed by atoms with Gasteiger partial charge >= 0.3 is 0 Å². The van der Waals surface area contributed by atoms with Crippen molar-refractivity contribution in [1.82, 2.24) is 0 Å². The van der Waals surface area contributed by atoms with Crippen LogP contribution in [0.15, 0.2) is 205 Å². The minimum Gasteiger partial charge on any atom is -0.456 e. The number of fused-ring (bicyclic) bond motifs is 9. The van der Waals surface area contributed by atoms with Gasteiger partial charge in [0.05, 0.1) is 0 Å². The van der Waals surface area contributed by atoms with Crippen molar-refractivity contribution in [1.29, 1.82) is 0 Å². The molecule has 1 aliphatic rings. The third kappa shape index (κ3) is 5.47. The monoisotopic (exact) mass is 785 g/mol. The molecule has 0 fully saturated rings. The van der Waals surface area contributed by atoms with E-state index in [0.717, 1.165) is 50.1 Å². The molecular formula is C57H39NOS. The number of hydrogen-bond donors (Lipinski definition) is 0. The first-order chi connectivity index (χ1) is 29.5. The molecule has 0 aliphatic heterocycles. The highest BCUT2D eigenvalue weighted by atomic mass is 32.1. The van der Waals surface area contributed by atoms with E-state index in [1.54, 1.807) is 0 Å². The molecule has 0 N–H and O–H groups in total. The van der Waals surface area contributed by atoms with Crippen molar-refractivity contribution < 1.29 is 4.42 Å². The summed E-state index contributed by atoms with van der Waals surface area (Å²) in [5.41, 5.74) is 17.5. The summed E-state index contributed by atoms with van der Waals surface area (Å²) < 4.78 is 8.98. The second-order valence-corrected chi connectivity index (χ2v) is 17.6. The minimum absolute atomic E-state index is 0.0451. The fourth-order valence-electron chi connectivity index (χ4n) is 9.71. The van der Waals surface area contributed by atoms with E-state index in [4.69, 9.17) is 4.42 Å². The normalized spacial score (nSPS) is 13.0. The highest BCUT2D eigenvalue weighted by molar-refractivity contribution is 7.25. The van der Waals surface area contributed by atoms with Crippen LogP contribution in [-0.4, -0.2) is 0 Å². The zero-order chi connectivity index (χ0) is 40.0. The molecule has 0 saturated heterocycles. The Hall–Kier alpha value is -7.20. The first-order valence-corrected chi connectivity index (χ1v) is 21.5. The van der Waals surface area contributed by atoms with Crippen LogP contribution in [-0.2, 0) is 5.41 Å². The molecule has 0 unspecified atom stereocenters. The summed E-state index contributed by atoms with van der Waals surface area (Å²) >= 11 is 1.89. The quantitative estimate of drug-likeness (QED) is 0.167. The van der Waals surface area contributed by atoms with E-state index in [2.05, 4.69) is 213 Å². The summed E-state index contributed by atoms with van der Waals surface area (Å²) in [5.74, 6) is 0. The van der Waals surface area contributed by atoms with Crippen molar-refractivity contribution in [3.05, 3.63) is 211 Å². The molecule has 2 aromatic heterocycles. The van der Waals surface area contributed by atoms with Crippen LogP contribution in [0.5, 0.6) is 0 Å². The van der Waals surface area contributed by atoms with Crippen molar-refractivity contribution in [2.75, 3.05) is 4.90 Å². The molecular weight excluding hydrogens is 747 g/mol. The molecule has 9 aromatic carbocycles. The van der Waals surface area contributed by atoms with E-state index < -0.39 is 0 Å². The highest BCUT2D eigenvalue weighted by Crippen LogP contribution is 2.52. The summed E-state index contributed by atoms with van der Waals surface area (Å²) in [6.07, 6.45) is 0. The number of benzene rings is 9. The van der Waals surface area contributed by atoms with Gasteiger partial charge in [0, 0.05) is 53.4 Å². The van der Waals surface area contributed by atoms with E-state index in [1.807, 2.05) is 17.4 Å². The molecule has 284 valence electrons. The average Bonchev–Trinajstić information content (AvgIpc) is 3.93. The van der Waals surface area contributed by atoms with Crippen molar-refractivity contribution in [2.45, 2.75) is 19.3 Å². The fourth-order valence-corrected chi connectivity index (χ4v) is 10.8. The van der Waals surface area contributed by atoms with Gasteiger partial charge in [-0.1, -0.05) is 141 Å². The molecule has 0 bridgehead atoms. The Morgan fingerprint density at radius 1 is 0.383 bits per heavy atom. The van der Waals surface area contributed by atoms with Gasteiger partial charge in [-0.15, -0.1) is 11.3 Å². The average molecular weight is 786 g/mol. The number of nitrogens with zero attached hydrogens (tertiary/aromatic N) is 1. The lowest BCUT2D eigenvalue weighted by Crippen LogP contribution is -2.14. The van der Waals surface area contributed by atoms with Crippen LogP contribution in [0.4, 0.5) is 17.1 Å². The van der Waals surface area contributed by atoms with Gasteiger partial charge in [-0.25, -0.2) is 0 Å². The van der Waals surface area contributed by atoms with Crippen LogP contribution < -0.4 is 4.90 Å². The molecule has 0 atom stereocenters. The molecule has 1 aliphatic carbocycles. The molecule has 2 heterocycles. The Morgan fingerprint density at radius 2 is 1.00 bits per heavy atom. The molecule has 0 amide bonds. The van der Waals surface area contributed by atoms with Crippen LogP contribution in [0.2, 0.25) is 0 Å². The highest BCUT2D eigenvalue weighted by Gasteiger charge is 2.35. The van der Waals surface area contributed by atoms with Crippen LogP contribution >= 0.6 is 11.3 Å². The number of hydrogen-bond acceptors (Lipinski definition) is 3. The summed E-state index contributed by atoms with van der Waals surface area (Å²) in [4.78, 5) is 2.45. The predicted octanol–water partition coefficient (Wildman–Crippen LogP) is 16.7. The van der Waals surface area contributed by atoms with Gasteiger partial charge in [0.2, 0.25) is 0 Å². The smallest absolute Gasteiger partial charge is 0.136 e. The lowest BCUT2D eigenvalue weighted by molar-refractivity contribution is 0.661. The zero-order valence-corrected chi connectivity index (χ0v) is 34.1. The van der Waals surface area contributed by atoms with Crippen LogP contribution in [0, 0.1) is 0 Å². The van der Waals surface area contributed by atoms with E-state index in [-0.39, 0.29) is 5.41 Å². The summed E-state index contributed by atoms with van der Waals surface area (Å²) in [5, 5.41) is 4.84. The third-order valence-electron chi connectivity index (χ3n) is 12.6. The van der Waals surface area contributed by atoms with Crippen LogP contribution in [0.25, 0.3) is 86.6 Å². The predicted molar refractivity (Wildman–Crippen MR) is 255 cm³/mol. The minimum atomic E-state index is -0.0451. The summed E-state index contributed by atoms with van der Waals surface area (Å²) in [7, 11) is 0. The van der Waals surface area contributed by atoms with E-state index in [0.29, 0.717) is 0 Å². The Bertz CT molecular complexity index is 3410. The van der Waals surface area contributed by atoms with Gasteiger partial charge in [-0.3, -0.25) is 0 Å². The van der Waals surface area contributed by atoms with Gasteiger partial charge in [0.15, 0.2) is 0 Å². The van der Waals surface area contributed by atoms with Crippen molar-refractivity contribution in [3.63, 3.8) is 0 Å². The maximum atomic E-state index is 6.36. The maximum absolute atomic E-state index is 6.36. The SMILES string of the molecule is CC1(C)c2ccccc2-c2cc3c(cc21)sc1ccc(N(c2cc(-c4ccccc4)cc(-c4ccccc4)c2)c2cccc(-c4cccc5oc6ccccc6c45)c2)cc13. The van der Waals surface area contributed by atoms with E-state index in [1.165, 1.54) is 64.7 Å². The number of thiophene rings is 1. The van der Waals surface area contributed by atoms with Crippen molar-refractivity contribution >= 4 is 70.5 Å².